The van der Waals surface area contributed by atoms with Gasteiger partial charge in [-0.15, -0.1) is 0 Å². The van der Waals surface area contributed by atoms with Gasteiger partial charge in [0.1, 0.15) is 0 Å². The largest absolute Gasteiger partial charge is 0.384 e. The van der Waals surface area contributed by atoms with Crippen LogP contribution in [0.2, 0.25) is 0 Å². The van der Waals surface area contributed by atoms with Gasteiger partial charge in [0.05, 0.1) is 4.90 Å². The minimum atomic E-state index is -3.41. The van der Waals surface area contributed by atoms with E-state index in [4.69, 9.17) is 0 Å². The highest BCUT2D eigenvalue weighted by Gasteiger charge is 2.22. The Morgan fingerprint density at radius 2 is 2.29 bits per heavy atom. The molecular formula is C15H23N3O2S. The number of sulfonamides is 1. The van der Waals surface area contributed by atoms with Gasteiger partial charge in [0, 0.05) is 25.3 Å². The Kier molecular flexibility index (Phi) is 4.19. The molecule has 6 heteroatoms. The molecule has 1 unspecified atom stereocenters. The highest BCUT2D eigenvalue weighted by molar-refractivity contribution is 7.89. The van der Waals surface area contributed by atoms with Gasteiger partial charge in [0.2, 0.25) is 10.0 Å². The van der Waals surface area contributed by atoms with E-state index in [0.717, 1.165) is 44.6 Å². The number of hydrogen-bond acceptors (Lipinski definition) is 4. The standard InChI is InChI=1S/C15H23N3O2S/c1-18-8-2-3-12(11-18)10-17-21(19,20)14-5-4-13-6-7-16-15(13)9-14/h4-5,9,12,16-17H,2-3,6-8,10-11H2,1H3. The molecule has 1 aromatic rings. The molecule has 1 saturated heterocycles. The second-order valence-corrected chi connectivity index (χ2v) is 7.89. The van der Waals surface area contributed by atoms with E-state index in [9.17, 15) is 8.42 Å². The van der Waals surface area contributed by atoms with Crippen LogP contribution in [-0.4, -0.2) is 46.5 Å². The first kappa shape index (κ1) is 14.8. The van der Waals surface area contributed by atoms with E-state index >= 15 is 0 Å². The van der Waals surface area contributed by atoms with E-state index in [0.29, 0.717) is 17.4 Å². The highest BCUT2D eigenvalue weighted by Crippen LogP contribution is 2.25. The zero-order valence-electron chi connectivity index (χ0n) is 12.4. The van der Waals surface area contributed by atoms with Gasteiger partial charge in [-0.25, -0.2) is 13.1 Å². The first-order valence-corrected chi connectivity index (χ1v) is 9.08. The molecule has 116 valence electrons. The summed E-state index contributed by atoms with van der Waals surface area (Å²) in [6.07, 6.45) is 3.21. The van der Waals surface area contributed by atoms with Gasteiger partial charge in [-0.05, 0) is 56.5 Å². The number of nitrogens with one attached hydrogen (secondary N) is 2. The van der Waals surface area contributed by atoms with Crippen molar-refractivity contribution in [3.8, 4) is 0 Å². The predicted octanol–water partition coefficient (Wildman–Crippen LogP) is 1.27. The summed E-state index contributed by atoms with van der Waals surface area (Å²) in [5.74, 6) is 0.408. The molecule has 0 aliphatic carbocycles. The molecule has 0 saturated carbocycles. The maximum atomic E-state index is 12.4. The number of benzene rings is 1. The molecule has 1 atom stereocenters. The SMILES string of the molecule is CN1CCCC(CNS(=O)(=O)c2ccc3c(c2)NCC3)C1. The second kappa shape index (κ2) is 5.94. The summed E-state index contributed by atoms with van der Waals surface area (Å²) in [6, 6.07) is 5.37. The smallest absolute Gasteiger partial charge is 0.240 e. The fourth-order valence-electron chi connectivity index (χ4n) is 3.19. The Balaban J connectivity index is 1.66. The second-order valence-electron chi connectivity index (χ2n) is 6.12. The number of piperidine rings is 1. The molecule has 1 aromatic carbocycles. The molecule has 2 aliphatic heterocycles. The van der Waals surface area contributed by atoms with E-state index in [-0.39, 0.29) is 0 Å². The van der Waals surface area contributed by atoms with Crippen LogP contribution in [-0.2, 0) is 16.4 Å². The maximum Gasteiger partial charge on any atom is 0.240 e. The molecular weight excluding hydrogens is 286 g/mol. The first-order valence-electron chi connectivity index (χ1n) is 7.59. The lowest BCUT2D eigenvalue weighted by Gasteiger charge is -2.29. The minimum absolute atomic E-state index is 0.361. The van der Waals surface area contributed by atoms with Crippen LogP contribution in [0.4, 0.5) is 5.69 Å². The summed E-state index contributed by atoms with van der Waals surface area (Å²) >= 11 is 0. The van der Waals surface area contributed by atoms with Crippen molar-refractivity contribution in [3.63, 3.8) is 0 Å². The summed E-state index contributed by atoms with van der Waals surface area (Å²) < 4.78 is 27.6. The first-order chi connectivity index (χ1) is 10.0. The molecule has 0 amide bonds. The van der Waals surface area contributed by atoms with Crippen molar-refractivity contribution in [2.45, 2.75) is 24.2 Å². The monoisotopic (exact) mass is 309 g/mol. The number of hydrogen-bond donors (Lipinski definition) is 2. The summed E-state index contributed by atoms with van der Waals surface area (Å²) in [5.41, 5.74) is 2.15. The third-order valence-electron chi connectivity index (χ3n) is 4.39. The Morgan fingerprint density at radius 3 is 3.10 bits per heavy atom. The number of nitrogens with zero attached hydrogens (tertiary/aromatic N) is 1. The summed E-state index contributed by atoms with van der Waals surface area (Å²) in [4.78, 5) is 2.63. The zero-order valence-corrected chi connectivity index (χ0v) is 13.2. The van der Waals surface area contributed by atoms with Crippen molar-refractivity contribution in [3.05, 3.63) is 23.8 Å². The summed E-state index contributed by atoms with van der Waals surface area (Å²) in [6.45, 7) is 3.49. The topological polar surface area (TPSA) is 61.4 Å². The van der Waals surface area contributed by atoms with Gasteiger partial charge in [-0.1, -0.05) is 6.07 Å². The van der Waals surface area contributed by atoms with Gasteiger partial charge in [-0.2, -0.15) is 0 Å². The van der Waals surface area contributed by atoms with E-state index in [1.54, 1.807) is 12.1 Å². The van der Waals surface area contributed by atoms with E-state index in [1.807, 2.05) is 6.07 Å². The van der Waals surface area contributed by atoms with Crippen LogP contribution in [0.25, 0.3) is 0 Å². The van der Waals surface area contributed by atoms with Gasteiger partial charge < -0.3 is 10.2 Å². The van der Waals surface area contributed by atoms with Gasteiger partial charge >= 0.3 is 0 Å². The molecule has 5 nitrogen and oxygen atoms in total. The van der Waals surface area contributed by atoms with E-state index in [2.05, 4.69) is 22.0 Å². The van der Waals surface area contributed by atoms with Crippen LogP contribution in [0.15, 0.2) is 23.1 Å². The quantitative estimate of drug-likeness (QED) is 0.879. The third-order valence-corrected chi connectivity index (χ3v) is 5.81. The molecule has 0 aromatic heterocycles. The average Bonchev–Trinajstić information content (AvgIpc) is 2.93. The number of fused-ring (bicyclic) bond motifs is 1. The zero-order chi connectivity index (χ0) is 14.9. The number of likely N-dealkylation sites (tertiary alicyclic amines) is 1. The van der Waals surface area contributed by atoms with Crippen molar-refractivity contribution >= 4 is 15.7 Å². The van der Waals surface area contributed by atoms with Crippen LogP contribution < -0.4 is 10.0 Å². The van der Waals surface area contributed by atoms with Crippen LogP contribution in [0, 0.1) is 5.92 Å². The van der Waals surface area contributed by atoms with Crippen LogP contribution >= 0.6 is 0 Å². The lowest BCUT2D eigenvalue weighted by atomic mass is 9.99. The Labute approximate surface area is 126 Å². The molecule has 2 N–H and O–H groups in total. The molecule has 21 heavy (non-hydrogen) atoms. The van der Waals surface area contributed by atoms with Crippen molar-refractivity contribution in [2.24, 2.45) is 5.92 Å². The van der Waals surface area contributed by atoms with Crippen LogP contribution in [0.1, 0.15) is 18.4 Å². The predicted molar refractivity (Wildman–Crippen MR) is 84.0 cm³/mol. The molecule has 1 fully saturated rings. The molecule has 2 heterocycles. The van der Waals surface area contributed by atoms with Gasteiger partial charge in [0.25, 0.3) is 0 Å². The summed E-state index contributed by atoms with van der Waals surface area (Å²) in [5, 5.41) is 3.22. The minimum Gasteiger partial charge on any atom is -0.384 e. The number of anilines is 1. The van der Waals surface area contributed by atoms with Crippen molar-refractivity contribution < 1.29 is 8.42 Å². The molecule has 3 rings (SSSR count). The van der Waals surface area contributed by atoms with E-state index in [1.165, 1.54) is 5.56 Å². The Hall–Kier alpha value is -1.11. The lowest BCUT2D eigenvalue weighted by Crippen LogP contribution is -2.39. The summed E-state index contributed by atoms with van der Waals surface area (Å²) in [7, 11) is -1.32. The highest BCUT2D eigenvalue weighted by atomic mass is 32.2. The van der Waals surface area contributed by atoms with Crippen molar-refractivity contribution in [1.29, 1.82) is 0 Å². The van der Waals surface area contributed by atoms with Gasteiger partial charge in [0.15, 0.2) is 0 Å². The average molecular weight is 309 g/mol. The maximum absolute atomic E-state index is 12.4. The lowest BCUT2D eigenvalue weighted by molar-refractivity contribution is 0.211. The van der Waals surface area contributed by atoms with Crippen LogP contribution in [0.3, 0.4) is 0 Å². The normalized spacial score (nSPS) is 22.8. The number of rotatable bonds is 4. The molecule has 0 spiro atoms. The third kappa shape index (κ3) is 3.39. The van der Waals surface area contributed by atoms with E-state index < -0.39 is 10.0 Å². The van der Waals surface area contributed by atoms with Gasteiger partial charge in [-0.3, -0.25) is 0 Å². The Morgan fingerprint density at radius 1 is 1.43 bits per heavy atom. The fraction of sp³-hybridized carbons (Fsp3) is 0.600. The van der Waals surface area contributed by atoms with Crippen LogP contribution in [0.5, 0.6) is 0 Å². The van der Waals surface area contributed by atoms with Crippen molar-refractivity contribution in [1.82, 2.24) is 9.62 Å². The fourth-order valence-corrected chi connectivity index (χ4v) is 4.33. The molecule has 0 bridgehead atoms. The van der Waals surface area contributed by atoms with Crippen molar-refractivity contribution in [2.75, 3.05) is 38.5 Å². The molecule has 0 radical (unpaired) electrons. The Bertz CT molecular complexity index is 615. The molecule has 2 aliphatic rings.